The SMILES string of the molecule is CC(C)OC[CH]CN. The molecule has 2 heteroatoms. The van der Waals surface area contributed by atoms with E-state index in [0.717, 1.165) is 0 Å². The van der Waals surface area contributed by atoms with E-state index < -0.39 is 0 Å². The van der Waals surface area contributed by atoms with Gasteiger partial charge in [0.2, 0.25) is 0 Å². The highest BCUT2D eigenvalue weighted by atomic mass is 16.5. The summed E-state index contributed by atoms with van der Waals surface area (Å²) in [4.78, 5) is 0. The van der Waals surface area contributed by atoms with Crippen LogP contribution in [0.15, 0.2) is 0 Å². The molecule has 0 saturated heterocycles. The minimum absolute atomic E-state index is 0.317. The number of hydrogen-bond donors (Lipinski definition) is 1. The van der Waals surface area contributed by atoms with Crippen LogP contribution in [0.1, 0.15) is 13.8 Å². The number of rotatable bonds is 4. The third-order valence-electron chi connectivity index (χ3n) is 0.714. The van der Waals surface area contributed by atoms with Crippen molar-refractivity contribution in [3.8, 4) is 0 Å². The number of nitrogens with two attached hydrogens (primary N) is 1. The second-order valence-corrected chi connectivity index (χ2v) is 1.91. The van der Waals surface area contributed by atoms with Crippen molar-refractivity contribution in [1.82, 2.24) is 0 Å². The Morgan fingerprint density at radius 2 is 2.25 bits per heavy atom. The first-order chi connectivity index (χ1) is 3.77. The van der Waals surface area contributed by atoms with Crippen LogP contribution in [0.5, 0.6) is 0 Å². The maximum Gasteiger partial charge on any atom is 0.0519 e. The topological polar surface area (TPSA) is 35.2 Å². The molecule has 0 heterocycles. The summed E-state index contributed by atoms with van der Waals surface area (Å²) in [5.74, 6) is 0. The van der Waals surface area contributed by atoms with Gasteiger partial charge in [0.1, 0.15) is 0 Å². The van der Waals surface area contributed by atoms with Gasteiger partial charge in [-0.2, -0.15) is 0 Å². The Balaban J connectivity index is 2.72. The van der Waals surface area contributed by atoms with Gasteiger partial charge in [-0.15, -0.1) is 0 Å². The predicted molar refractivity (Wildman–Crippen MR) is 34.4 cm³/mol. The molecule has 0 atom stereocenters. The van der Waals surface area contributed by atoms with Gasteiger partial charge in [0.05, 0.1) is 12.7 Å². The molecular formula is C6H14NO. The average Bonchev–Trinajstić information content (AvgIpc) is 1.66. The molecule has 0 fully saturated rings. The quantitative estimate of drug-likeness (QED) is 0.545. The molecule has 0 aromatic heterocycles. The fourth-order valence-corrected chi connectivity index (χ4v) is 0.329. The molecule has 0 saturated carbocycles. The standard InChI is InChI=1S/C6H14NO/c1-6(2)8-5-3-4-7/h3,6H,4-5,7H2,1-2H3. The van der Waals surface area contributed by atoms with E-state index >= 15 is 0 Å². The Labute approximate surface area is 51.0 Å². The van der Waals surface area contributed by atoms with Crippen molar-refractivity contribution >= 4 is 0 Å². The van der Waals surface area contributed by atoms with Crippen LogP contribution in [0.25, 0.3) is 0 Å². The van der Waals surface area contributed by atoms with E-state index in [1.54, 1.807) is 0 Å². The van der Waals surface area contributed by atoms with Gasteiger partial charge in [0.25, 0.3) is 0 Å². The minimum atomic E-state index is 0.317. The highest BCUT2D eigenvalue weighted by Crippen LogP contribution is 1.86. The third kappa shape index (κ3) is 5.92. The van der Waals surface area contributed by atoms with E-state index in [-0.39, 0.29) is 0 Å². The average molecular weight is 116 g/mol. The molecule has 2 nitrogen and oxygen atoms in total. The summed E-state index contributed by atoms with van der Waals surface area (Å²) in [6.45, 7) is 5.29. The third-order valence-corrected chi connectivity index (χ3v) is 0.714. The first kappa shape index (κ1) is 7.92. The highest BCUT2D eigenvalue weighted by Gasteiger charge is 1.89. The van der Waals surface area contributed by atoms with E-state index in [4.69, 9.17) is 10.5 Å². The fraction of sp³-hybridized carbons (Fsp3) is 0.833. The molecule has 0 aromatic carbocycles. The normalized spacial score (nSPS) is 10.5. The van der Waals surface area contributed by atoms with Crippen LogP contribution in [0.2, 0.25) is 0 Å². The molecule has 2 N–H and O–H groups in total. The second kappa shape index (κ2) is 5.06. The summed E-state index contributed by atoms with van der Waals surface area (Å²) >= 11 is 0. The lowest BCUT2D eigenvalue weighted by molar-refractivity contribution is 0.0951. The van der Waals surface area contributed by atoms with Gasteiger partial charge in [0.15, 0.2) is 0 Å². The van der Waals surface area contributed by atoms with Crippen LogP contribution in [0.4, 0.5) is 0 Å². The molecule has 49 valence electrons. The summed E-state index contributed by atoms with van der Waals surface area (Å²) in [5, 5.41) is 0. The van der Waals surface area contributed by atoms with Gasteiger partial charge in [-0.3, -0.25) is 0 Å². The highest BCUT2D eigenvalue weighted by molar-refractivity contribution is 4.62. The largest absolute Gasteiger partial charge is 0.378 e. The number of hydrogen-bond acceptors (Lipinski definition) is 2. The molecule has 0 spiro atoms. The van der Waals surface area contributed by atoms with Crippen molar-refractivity contribution in [2.24, 2.45) is 5.73 Å². The first-order valence-electron chi connectivity index (χ1n) is 2.90. The van der Waals surface area contributed by atoms with Gasteiger partial charge >= 0.3 is 0 Å². The van der Waals surface area contributed by atoms with Crippen LogP contribution in [0.3, 0.4) is 0 Å². The van der Waals surface area contributed by atoms with Gasteiger partial charge < -0.3 is 10.5 Å². The van der Waals surface area contributed by atoms with Crippen molar-refractivity contribution in [1.29, 1.82) is 0 Å². The summed E-state index contributed by atoms with van der Waals surface area (Å²) < 4.78 is 5.15. The molecule has 0 unspecified atom stereocenters. The van der Waals surface area contributed by atoms with Crippen molar-refractivity contribution in [3.05, 3.63) is 6.42 Å². The van der Waals surface area contributed by atoms with Crippen LogP contribution in [-0.2, 0) is 4.74 Å². The first-order valence-corrected chi connectivity index (χ1v) is 2.90. The van der Waals surface area contributed by atoms with Gasteiger partial charge in [0, 0.05) is 6.42 Å². The molecule has 0 bridgehead atoms. The summed E-state index contributed by atoms with van der Waals surface area (Å²) in [5.41, 5.74) is 5.18. The van der Waals surface area contributed by atoms with E-state index in [9.17, 15) is 0 Å². The van der Waals surface area contributed by atoms with E-state index in [2.05, 4.69) is 0 Å². The Morgan fingerprint density at radius 3 is 2.62 bits per heavy atom. The molecule has 1 radical (unpaired) electrons. The van der Waals surface area contributed by atoms with E-state index in [1.807, 2.05) is 20.3 Å². The fourth-order valence-electron chi connectivity index (χ4n) is 0.329. The molecule has 8 heavy (non-hydrogen) atoms. The molecule has 0 aromatic rings. The monoisotopic (exact) mass is 116 g/mol. The Morgan fingerprint density at radius 1 is 1.62 bits per heavy atom. The predicted octanol–water partition coefficient (Wildman–Crippen LogP) is 0.574. The van der Waals surface area contributed by atoms with Crippen LogP contribution in [-0.4, -0.2) is 19.3 Å². The maximum atomic E-state index is 5.18. The van der Waals surface area contributed by atoms with Crippen molar-refractivity contribution in [2.75, 3.05) is 13.2 Å². The zero-order valence-corrected chi connectivity index (χ0v) is 5.55. The van der Waals surface area contributed by atoms with Gasteiger partial charge in [-0.25, -0.2) is 0 Å². The van der Waals surface area contributed by atoms with Crippen LogP contribution < -0.4 is 5.73 Å². The van der Waals surface area contributed by atoms with Crippen molar-refractivity contribution < 1.29 is 4.74 Å². The Kier molecular flexibility index (Phi) is 5.01. The smallest absolute Gasteiger partial charge is 0.0519 e. The lowest BCUT2D eigenvalue weighted by Crippen LogP contribution is -2.09. The van der Waals surface area contributed by atoms with Crippen molar-refractivity contribution in [3.63, 3.8) is 0 Å². The van der Waals surface area contributed by atoms with Gasteiger partial charge in [-0.05, 0) is 20.4 Å². The van der Waals surface area contributed by atoms with Gasteiger partial charge in [-0.1, -0.05) is 0 Å². The zero-order valence-electron chi connectivity index (χ0n) is 5.55. The van der Waals surface area contributed by atoms with Crippen LogP contribution in [0, 0.1) is 6.42 Å². The van der Waals surface area contributed by atoms with E-state index in [0.29, 0.717) is 19.3 Å². The Hall–Kier alpha value is -0.0800. The van der Waals surface area contributed by atoms with Crippen molar-refractivity contribution in [2.45, 2.75) is 20.0 Å². The second-order valence-electron chi connectivity index (χ2n) is 1.91. The molecule has 0 aliphatic carbocycles. The molecule has 0 aliphatic rings. The molecule has 0 amide bonds. The minimum Gasteiger partial charge on any atom is -0.378 e. The zero-order chi connectivity index (χ0) is 6.41. The van der Waals surface area contributed by atoms with E-state index in [1.165, 1.54) is 0 Å². The van der Waals surface area contributed by atoms with Crippen LogP contribution >= 0.6 is 0 Å². The lowest BCUT2D eigenvalue weighted by atomic mass is 10.4. The molecule has 0 aliphatic heterocycles. The molecular weight excluding hydrogens is 102 g/mol. The lowest BCUT2D eigenvalue weighted by Gasteiger charge is -2.04. The molecule has 0 rings (SSSR count). The Bertz CT molecular complexity index is 45.8. The summed E-state index contributed by atoms with van der Waals surface area (Å²) in [6.07, 6.45) is 2.22. The summed E-state index contributed by atoms with van der Waals surface area (Å²) in [6, 6.07) is 0. The maximum absolute atomic E-state index is 5.18. The summed E-state index contributed by atoms with van der Waals surface area (Å²) in [7, 11) is 0. The number of ether oxygens (including phenoxy) is 1.